The number of aromatic nitrogens is 2. The fourth-order valence-corrected chi connectivity index (χ4v) is 4.33. The van der Waals surface area contributed by atoms with Gasteiger partial charge in [-0.05, 0) is 62.8 Å². The summed E-state index contributed by atoms with van der Waals surface area (Å²) < 4.78 is 0. The third kappa shape index (κ3) is 4.73. The Kier molecular flexibility index (Phi) is 6.18. The molecule has 1 heterocycles. The molecule has 2 aromatic carbocycles. The Morgan fingerprint density at radius 1 is 0.933 bits per heavy atom. The first-order chi connectivity index (χ1) is 14.5. The van der Waals surface area contributed by atoms with Crippen LogP contribution >= 0.6 is 0 Å². The highest BCUT2D eigenvalue weighted by atomic mass is 15.2. The average Bonchev–Trinajstić information content (AvgIpc) is 2.74. The van der Waals surface area contributed by atoms with E-state index < -0.39 is 0 Å². The van der Waals surface area contributed by atoms with Gasteiger partial charge >= 0.3 is 0 Å². The van der Waals surface area contributed by atoms with Crippen LogP contribution in [0.3, 0.4) is 0 Å². The van der Waals surface area contributed by atoms with Gasteiger partial charge in [0.2, 0.25) is 5.95 Å². The van der Waals surface area contributed by atoms with Crippen LogP contribution in [0.25, 0.3) is 10.9 Å². The summed E-state index contributed by atoms with van der Waals surface area (Å²) in [6.07, 6.45) is 4.63. The van der Waals surface area contributed by atoms with Gasteiger partial charge in [-0.25, -0.2) is 4.98 Å². The summed E-state index contributed by atoms with van der Waals surface area (Å²) in [5.74, 6) is 1.70. The van der Waals surface area contributed by atoms with E-state index in [1.165, 1.54) is 29.5 Å². The second kappa shape index (κ2) is 9.00. The van der Waals surface area contributed by atoms with Crippen molar-refractivity contribution in [1.29, 1.82) is 0 Å². The van der Waals surface area contributed by atoms with Gasteiger partial charge in [-0.2, -0.15) is 4.98 Å². The smallest absolute Gasteiger partial charge is 0.225 e. The van der Waals surface area contributed by atoms with Gasteiger partial charge in [-0.15, -0.1) is 0 Å². The van der Waals surface area contributed by atoms with Crippen LogP contribution in [-0.4, -0.2) is 36.1 Å². The topological polar surface area (TPSA) is 53.1 Å². The molecular formula is C25H33N5. The molecule has 5 nitrogen and oxygen atoms in total. The van der Waals surface area contributed by atoms with Crippen molar-refractivity contribution in [2.75, 3.05) is 24.3 Å². The highest BCUT2D eigenvalue weighted by molar-refractivity contribution is 5.90. The lowest BCUT2D eigenvalue weighted by Gasteiger charge is -2.30. The first-order valence-corrected chi connectivity index (χ1v) is 11.0. The molecule has 0 unspecified atom stereocenters. The van der Waals surface area contributed by atoms with E-state index in [0.717, 1.165) is 42.1 Å². The molecule has 158 valence electrons. The van der Waals surface area contributed by atoms with E-state index in [1.807, 2.05) is 26.2 Å². The zero-order chi connectivity index (χ0) is 21.1. The Bertz CT molecular complexity index is 1010. The minimum atomic E-state index is 0.430. The number of para-hydroxylation sites is 1. The second-order valence-corrected chi connectivity index (χ2v) is 8.79. The largest absolute Gasteiger partial charge is 0.362 e. The molecule has 1 fully saturated rings. The molecule has 1 saturated carbocycles. The number of fused-ring (bicyclic) bond motifs is 1. The Morgan fingerprint density at radius 3 is 2.43 bits per heavy atom. The summed E-state index contributed by atoms with van der Waals surface area (Å²) >= 11 is 0. The maximum atomic E-state index is 4.80. The number of aryl methyl sites for hydroxylation is 2. The SMILES string of the molecule is Cc1ccc(C)c(CN[C@H]2CC[C@@H](Nc3nc(N(C)C)c4ccccc4n3)CC2)c1. The maximum absolute atomic E-state index is 4.80. The van der Waals surface area contributed by atoms with Gasteiger partial charge in [0.25, 0.3) is 0 Å². The molecule has 0 aliphatic heterocycles. The van der Waals surface area contributed by atoms with Crippen molar-refractivity contribution in [3.05, 3.63) is 59.2 Å². The van der Waals surface area contributed by atoms with E-state index >= 15 is 0 Å². The molecule has 0 saturated heterocycles. The Labute approximate surface area is 179 Å². The number of anilines is 2. The summed E-state index contributed by atoms with van der Waals surface area (Å²) in [5.41, 5.74) is 5.10. The van der Waals surface area contributed by atoms with Crippen molar-refractivity contribution in [2.45, 2.75) is 58.2 Å². The fraction of sp³-hybridized carbons (Fsp3) is 0.440. The van der Waals surface area contributed by atoms with E-state index in [0.29, 0.717) is 12.1 Å². The third-order valence-corrected chi connectivity index (χ3v) is 6.15. The number of nitrogens with zero attached hydrogens (tertiary/aromatic N) is 3. The number of nitrogens with one attached hydrogen (secondary N) is 2. The molecule has 4 rings (SSSR count). The maximum Gasteiger partial charge on any atom is 0.225 e. The minimum Gasteiger partial charge on any atom is -0.362 e. The molecule has 0 atom stereocenters. The predicted molar refractivity (Wildman–Crippen MR) is 126 cm³/mol. The highest BCUT2D eigenvalue weighted by Gasteiger charge is 2.22. The van der Waals surface area contributed by atoms with Crippen LogP contribution in [0, 0.1) is 13.8 Å². The molecule has 0 spiro atoms. The Balaban J connectivity index is 1.35. The van der Waals surface area contributed by atoms with Crippen LogP contribution in [0.2, 0.25) is 0 Å². The lowest BCUT2D eigenvalue weighted by molar-refractivity contribution is 0.352. The molecule has 1 aliphatic carbocycles. The van der Waals surface area contributed by atoms with Crippen molar-refractivity contribution in [1.82, 2.24) is 15.3 Å². The second-order valence-electron chi connectivity index (χ2n) is 8.79. The van der Waals surface area contributed by atoms with Crippen LogP contribution < -0.4 is 15.5 Å². The zero-order valence-corrected chi connectivity index (χ0v) is 18.6. The van der Waals surface area contributed by atoms with Crippen molar-refractivity contribution in [3.63, 3.8) is 0 Å². The van der Waals surface area contributed by atoms with E-state index in [2.05, 4.69) is 59.7 Å². The van der Waals surface area contributed by atoms with Crippen LogP contribution in [0.5, 0.6) is 0 Å². The molecule has 0 bridgehead atoms. The van der Waals surface area contributed by atoms with Gasteiger partial charge in [-0.1, -0.05) is 35.9 Å². The number of hydrogen-bond acceptors (Lipinski definition) is 5. The summed E-state index contributed by atoms with van der Waals surface area (Å²) in [5, 5.41) is 8.47. The van der Waals surface area contributed by atoms with E-state index in [1.54, 1.807) is 0 Å². The van der Waals surface area contributed by atoms with Crippen molar-refractivity contribution in [3.8, 4) is 0 Å². The van der Waals surface area contributed by atoms with Crippen LogP contribution in [0.4, 0.5) is 11.8 Å². The first kappa shape index (κ1) is 20.6. The van der Waals surface area contributed by atoms with Crippen molar-refractivity contribution >= 4 is 22.7 Å². The Morgan fingerprint density at radius 2 is 1.67 bits per heavy atom. The summed E-state index contributed by atoms with van der Waals surface area (Å²) in [6, 6.07) is 15.9. The molecule has 0 radical (unpaired) electrons. The molecule has 2 N–H and O–H groups in total. The number of hydrogen-bond donors (Lipinski definition) is 2. The normalized spacial score (nSPS) is 19.1. The van der Waals surface area contributed by atoms with Crippen molar-refractivity contribution < 1.29 is 0 Å². The van der Waals surface area contributed by atoms with Gasteiger partial charge in [-0.3, -0.25) is 0 Å². The number of benzene rings is 2. The first-order valence-electron chi connectivity index (χ1n) is 11.0. The fourth-order valence-electron chi connectivity index (χ4n) is 4.33. The summed E-state index contributed by atoms with van der Waals surface area (Å²) in [4.78, 5) is 11.6. The quantitative estimate of drug-likeness (QED) is 0.618. The van der Waals surface area contributed by atoms with Gasteiger partial charge < -0.3 is 15.5 Å². The molecule has 5 heteroatoms. The summed E-state index contributed by atoms with van der Waals surface area (Å²) in [6.45, 7) is 5.31. The zero-order valence-electron chi connectivity index (χ0n) is 18.6. The molecule has 1 aliphatic rings. The molecule has 30 heavy (non-hydrogen) atoms. The monoisotopic (exact) mass is 403 g/mol. The van der Waals surface area contributed by atoms with Gasteiger partial charge in [0.1, 0.15) is 5.82 Å². The van der Waals surface area contributed by atoms with E-state index in [4.69, 9.17) is 9.97 Å². The van der Waals surface area contributed by atoms with Crippen molar-refractivity contribution in [2.24, 2.45) is 0 Å². The standard InChI is InChI=1S/C25H33N5/c1-17-9-10-18(2)19(15-17)16-26-20-11-13-21(14-12-20)27-25-28-23-8-6-5-7-22(23)24(29-25)30(3)4/h5-10,15,20-21,26H,11-14,16H2,1-4H3,(H,27,28,29)/t20-,21+. The van der Waals surface area contributed by atoms with E-state index in [9.17, 15) is 0 Å². The van der Waals surface area contributed by atoms with Crippen LogP contribution in [-0.2, 0) is 6.54 Å². The molecule has 3 aromatic rings. The lowest BCUT2D eigenvalue weighted by atomic mass is 9.91. The van der Waals surface area contributed by atoms with Crippen LogP contribution in [0.15, 0.2) is 42.5 Å². The van der Waals surface area contributed by atoms with E-state index in [-0.39, 0.29) is 0 Å². The minimum absolute atomic E-state index is 0.430. The van der Waals surface area contributed by atoms with Gasteiger partial charge in [0, 0.05) is 38.1 Å². The predicted octanol–water partition coefficient (Wildman–Crippen LogP) is 4.83. The third-order valence-electron chi connectivity index (χ3n) is 6.15. The van der Waals surface area contributed by atoms with Crippen LogP contribution in [0.1, 0.15) is 42.4 Å². The van der Waals surface area contributed by atoms with Gasteiger partial charge in [0.05, 0.1) is 5.52 Å². The lowest BCUT2D eigenvalue weighted by Crippen LogP contribution is -2.37. The molecule has 0 amide bonds. The molecular weight excluding hydrogens is 370 g/mol. The molecule has 1 aromatic heterocycles. The summed E-state index contributed by atoms with van der Waals surface area (Å²) in [7, 11) is 4.07. The Hall–Kier alpha value is -2.66. The average molecular weight is 404 g/mol. The highest BCUT2D eigenvalue weighted by Crippen LogP contribution is 2.26. The number of rotatable bonds is 6. The van der Waals surface area contributed by atoms with Gasteiger partial charge in [0.15, 0.2) is 0 Å².